The molecule has 1 aliphatic rings. The van der Waals surface area contributed by atoms with Gasteiger partial charge >= 0.3 is 5.97 Å². The molecule has 1 fully saturated rings. The van der Waals surface area contributed by atoms with E-state index in [9.17, 15) is 14.9 Å². The first kappa shape index (κ1) is 17.7. The molecule has 0 aliphatic carbocycles. The molecule has 0 bridgehead atoms. The fourth-order valence-corrected chi connectivity index (χ4v) is 3.11. The zero-order valence-electron chi connectivity index (χ0n) is 12.9. The third-order valence-electron chi connectivity index (χ3n) is 4.20. The smallest absolute Gasteiger partial charge is 0.317 e. The van der Waals surface area contributed by atoms with Crippen molar-refractivity contribution < 1.29 is 14.8 Å². The van der Waals surface area contributed by atoms with Gasteiger partial charge in [-0.3, -0.25) is 24.7 Å². The third kappa shape index (κ3) is 4.89. The third-order valence-corrected chi connectivity index (χ3v) is 4.44. The predicted octanol–water partition coefficient (Wildman–Crippen LogP) is 2.23. The molecule has 8 heteroatoms. The van der Waals surface area contributed by atoms with Crippen LogP contribution in [-0.2, 0) is 11.3 Å². The highest BCUT2D eigenvalue weighted by Crippen LogP contribution is 2.26. The molecule has 126 valence electrons. The van der Waals surface area contributed by atoms with Crippen molar-refractivity contribution in [1.82, 2.24) is 9.80 Å². The number of hydrogen-bond acceptors (Lipinski definition) is 5. The first-order chi connectivity index (χ1) is 10.9. The number of hydrogen-bond donors (Lipinski definition) is 1. The molecule has 0 spiro atoms. The maximum absolute atomic E-state index is 11.1. The Morgan fingerprint density at radius 2 is 2.13 bits per heavy atom. The molecule has 0 unspecified atom stereocenters. The van der Waals surface area contributed by atoms with E-state index >= 15 is 0 Å². The quantitative estimate of drug-likeness (QED) is 0.630. The van der Waals surface area contributed by atoms with Crippen molar-refractivity contribution >= 4 is 23.3 Å². The summed E-state index contributed by atoms with van der Waals surface area (Å²) < 4.78 is 0. The summed E-state index contributed by atoms with van der Waals surface area (Å²) in [5.41, 5.74) is 0.694. The van der Waals surface area contributed by atoms with Gasteiger partial charge in [0, 0.05) is 29.2 Å². The van der Waals surface area contributed by atoms with Gasteiger partial charge in [0.1, 0.15) is 0 Å². The van der Waals surface area contributed by atoms with Crippen molar-refractivity contribution in [2.24, 2.45) is 0 Å². The second-order valence-electron chi connectivity index (χ2n) is 5.85. The first-order valence-electron chi connectivity index (χ1n) is 7.44. The number of halogens is 1. The largest absolute Gasteiger partial charge is 0.480 e. The monoisotopic (exact) mass is 341 g/mol. The number of piperidine rings is 1. The molecule has 0 saturated carbocycles. The van der Waals surface area contributed by atoms with Gasteiger partial charge in [-0.15, -0.1) is 0 Å². The number of likely N-dealkylation sites (N-methyl/N-ethyl adjacent to an activating group) is 1. The van der Waals surface area contributed by atoms with E-state index in [1.165, 1.54) is 6.07 Å². The second-order valence-corrected chi connectivity index (χ2v) is 6.28. The van der Waals surface area contributed by atoms with E-state index in [4.69, 9.17) is 16.7 Å². The minimum Gasteiger partial charge on any atom is -0.480 e. The molecule has 0 radical (unpaired) electrons. The number of nitro groups is 1. The summed E-state index contributed by atoms with van der Waals surface area (Å²) in [6.07, 6.45) is 1.70. The number of carbonyl (C=O) groups is 1. The number of benzene rings is 1. The van der Waals surface area contributed by atoms with Crippen LogP contribution in [0.2, 0.25) is 5.02 Å². The van der Waals surface area contributed by atoms with Gasteiger partial charge in [-0.25, -0.2) is 0 Å². The SMILES string of the molecule is CN(CC(=O)O)C1CCN(Cc2ccc(Cl)cc2[N+](=O)[O-])CC1. The molecule has 0 aromatic heterocycles. The molecule has 2 rings (SSSR count). The fourth-order valence-electron chi connectivity index (χ4n) is 2.94. The molecule has 0 amide bonds. The number of carboxylic acids is 1. The van der Waals surface area contributed by atoms with Crippen molar-refractivity contribution in [3.63, 3.8) is 0 Å². The minimum absolute atomic E-state index is 0.0350. The molecular formula is C15H20ClN3O4. The highest BCUT2D eigenvalue weighted by atomic mass is 35.5. The molecule has 1 aromatic rings. The lowest BCUT2D eigenvalue weighted by atomic mass is 10.0. The molecule has 23 heavy (non-hydrogen) atoms. The summed E-state index contributed by atoms with van der Waals surface area (Å²) in [6.45, 7) is 2.11. The molecular weight excluding hydrogens is 322 g/mol. The van der Waals surface area contributed by atoms with E-state index in [2.05, 4.69) is 4.90 Å². The Balaban J connectivity index is 1.94. The van der Waals surface area contributed by atoms with Crippen LogP contribution in [0.15, 0.2) is 18.2 Å². The van der Waals surface area contributed by atoms with Crippen molar-refractivity contribution in [2.45, 2.75) is 25.4 Å². The normalized spacial score (nSPS) is 16.7. The molecule has 1 aliphatic heterocycles. The summed E-state index contributed by atoms with van der Waals surface area (Å²) in [5, 5.41) is 20.3. The average molecular weight is 342 g/mol. The van der Waals surface area contributed by atoms with Crippen LogP contribution in [0.3, 0.4) is 0 Å². The van der Waals surface area contributed by atoms with E-state index in [0.29, 0.717) is 17.1 Å². The lowest BCUT2D eigenvalue weighted by molar-refractivity contribution is -0.385. The Bertz CT molecular complexity index is 588. The van der Waals surface area contributed by atoms with Gasteiger partial charge in [0.05, 0.1) is 11.5 Å². The summed E-state index contributed by atoms with van der Waals surface area (Å²) in [6, 6.07) is 4.98. The highest BCUT2D eigenvalue weighted by Gasteiger charge is 2.25. The van der Waals surface area contributed by atoms with Gasteiger partial charge in [0.25, 0.3) is 5.69 Å². The number of carboxylic acid groups (broad SMARTS) is 1. The number of nitro benzene ring substituents is 1. The summed E-state index contributed by atoms with van der Waals surface area (Å²) >= 11 is 5.83. The molecule has 0 atom stereocenters. The lowest BCUT2D eigenvalue weighted by Gasteiger charge is -2.36. The summed E-state index contributed by atoms with van der Waals surface area (Å²) in [7, 11) is 1.82. The van der Waals surface area contributed by atoms with Crippen LogP contribution in [0.5, 0.6) is 0 Å². The van der Waals surface area contributed by atoms with Crippen molar-refractivity contribution in [3.05, 3.63) is 38.9 Å². The summed E-state index contributed by atoms with van der Waals surface area (Å²) in [4.78, 5) is 25.5. The Labute approximate surface area is 139 Å². The molecule has 1 saturated heterocycles. The lowest BCUT2D eigenvalue weighted by Crippen LogP contribution is -2.44. The number of nitrogens with zero attached hydrogens (tertiary/aromatic N) is 3. The molecule has 7 nitrogen and oxygen atoms in total. The Hall–Kier alpha value is -1.70. The average Bonchev–Trinajstić information content (AvgIpc) is 2.49. The molecule has 1 aromatic carbocycles. The zero-order chi connectivity index (χ0) is 17.0. The predicted molar refractivity (Wildman–Crippen MR) is 86.7 cm³/mol. The van der Waals surface area contributed by atoms with Gasteiger partial charge < -0.3 is 5.11 Å². The van der Waals surface area contributed by atoms with Crippen LogP contribution in [-0.4, -0.2) is 58.5 Å². The zero-order valence-corrected chi connectivity index (χ0v) is 13.7. The Kier molecular flexibility index (Phi) is 5.92. The maximum atomic E-state index is 11.1. The van der Waals surface area contributed by atoms with E-state index < -0.39 is 10.9 Å². The van der Waals surface area contributed by atoms with Gasteiger partial charge in [0.15, 0.2) is 0 Å². The van der Waals surface area contributed by atoms with Crippen molar-refractivity contribution in [1.29, 1.82) is 0 Å². The van der Waals surface area contributed by atoms with E-state index in [-0.39, 0.29) is 18.3 Å². The van der Waals surface area contributed by atoms with Crippen LogP contribution in [0.4, 0.5) is 5.69 Å². The standard InChI is InChI=1S/C15H20ClN3O4/c1-17(10-15(20)21)13-4-6-18(7-5-13)9-11-2-3-12(16)8-14(11)19(22)23/h2-3,8,13H,4-7,9-10H2,1H3,(H,20,21). The Morgan fingerprint density at radius 3 is 2.70 bits per heavy atom. The highest BCUT2D eigenvalue weighted by molar-refractivity contribution is 6.30. The minimum atomic E-state index is -0.827. The van der Waals surface area contributed by atoms with Gasteiger partial charge in [0.2, 0.25) is 0 Å². The topological polar surface area (TPSA) is 86.9 Å². The maximum Gasteiger partial charge on any atom is 0.317 e. The van der Waals surface area contributed by atoms with Crippen LogP contribution in [0.25, 0.3) is 0 Å². The van der Waals surface area contributed by atoms with E-state index in [0.717, 1.165) is 25.9 Å². The van der Waals surface area contributed by atoms with Crippen molar-refractivity contribution in [2.75, 3.05) is 26.7 Å². The van der Waals surface area contributed by atoms with Crippen LogP contribution in [0.1, 0.15) is 18.4 Å². The summed E-state index contributed by atoms with van der Waals surface area (Å²) in [5.74, 6) is -0.827. The fraction of sp³-hybridized carbons (Fsp3) is 0.533. The number of likely N-dealkylation sites (tertiary alicyclic amines) is 1. The molecule has 1 heterocycles. The number of rotatable bonds is 6. The Morgan fingerprint density at radius 1 is 1.48 bits per heavy atom. The van der Waals surface area contributed by atoms with E-state index in [1.54, 1.807) is 12.1 Å². The number of aliphatic carboxylic acids is 1. The van der Waals surface area contributed by atoms with Crippen molar-refractivity contribution in [3.8, 4) is 0 Å². The van der Waals surface area contributed by atoms with Crippen LogP contribution < -0.4 is 0 Å². The van der Waals surface area contributed by atoms with E-state index in [1.807, 2.05) is 11.9 Å². The second kappa shape index (κ2) is 7.72. The van der Waals surface area contributed by atoms with Gasteiger partial charge in [-0.05, 0) is 45.1 Å². The molecule has 1 N–H and O–H groups in total. The van der Waals surface area contributed by atoms with Crippen LogP contribution in [0, 0.1) is 10.1 Å². The van der Waals surface area contributed by atoms with Crippen LogP contribution >= 0.6 is 11.6 Å². The first-order valence-corrected chi connectivity index (χ1v) is 7.82. The van der Waals surface area contributed by atoms with Gasteiger partial charge in [-0.2, -0.15) is 0 Å². The van der Waals surface area contributed by atoms with Gasteiger partial charge in [-0.1, -0.05) is 11.6 Å².